The molecule has 1 saturated heterocycles. The summed E-state index contributed by atoms with van der Waals surface area (Å²) in [5.74, 6) is -0.105. The minimum absolute atomic E-state index is 0.221. The SMILES string of the molecule is CCc1cccc(NC(=O)COC(=O)C2CCN(c3ccc(C#N)cn3)CC2)c1. The number of benzene rings is 1. The fourth-order valence-electron chi connectivity index (χ4n) is 3.30. The van der Waals surface area contributed by atoms with E-state index in [1.165, 1.54) is 0 Å². The Labute approximate surface area is 170 Å². The standard InChI is InChI=1S/C22H24N4O3/c1-2-16-4-3-5-19(12-16)25-21(27)15-29-22(28)18-8-10-26(11-9-18)20-7-6-17(13-23)14-24-20/h3-7,12,14,18H,2,8-11,15H2,1H3,(H,25,27). The molecule has 29 heavy (non-hydrogen) atoms. The number of nitrogens with one attached hydrogen (secondary N) is 1. The number of carbonyl (C=O) groups is 2. The quantitative estimate of drug-likeness (QED) is 0.760. The normalized spacial score (nSPS) is 14.1. The number of amides is 1. The molecule has 7 heteroatoms. The van der Waals surface area contributed by atoms with Crippen molar-refractivity contribution in [2.45, 2.75) is 26.2 Å². The lowest BCUT2D eigenvalue weighted by atomic mass is 9.97. The van der Waals surface area contributed by atoms with E-state index in [1.807, 2.05) is 43.3 Å². The Morgan fingerprint density at radius 1 is 1.28 bits per heavy atom. The maximum Gasteiger partial charge on any atom is 0.309 e. The van der Waals surface area contributed by atoms with Crippen LogP contribution in [-0.2, 0) is 20.7 Å². The van der Waals surface area contributed by atoms with Crippen molar-refractivity contribution in [3.05, 3.63) is 53.7 Å². The first kappa shape index (κ1) is 20.3. The summed E-state index contributed by atoms with van der Waals surface area (Å²) in [5, 5.41) is 11.6. The van der Waals surface area contributed by atoms with Gasteiger partial charge in [0.2, 0.25) is 0 Å². The summed E-state index contributed by atoms with van der Waals surface area (Å²) in [6.45, 7) is 3.11. The first-order chi connectivity index (χ1) is 14.1. The number of piperidine rings is 1. The lowest BCUT2D eigenvalue weighted by molar-refractivity contribution is -0.152. The van der Waals surface area contributed by atoms with Crippen LogP contribution < -0.4 is 10.2 Å². The number of rotatable bonds is 6. The van der Waals surface area contributed by atoms with Gasteiger partial charge >= 0.3 is 5.97 Å². The van der Waals surface area contributed by atoms with E-state index in [9.17, 15) is 9.59 Å². The molecule has 1 amide bonds. The topological polar surface area (TPSA) is 95.3 Å². The van der Waals surface area contributed by atoms with Crippen LogP contribution in [0.3, 0.4) is 0 Å². The Kier molecular flexibility index (Phi) is 6.80. The maximum absolute atomic E-state index is 12.3. The Morgan fingerprint density at radius 3 is 2.72 bits per heavy atom. The molecule has 0 atom stereocenters. The highest BCUT2D eigenvalue weighted by atomic mass is 16.5. The largest absolute Gasteiger partial charge is 0.455 e. The van der Waals surface area contributed by atoms with Gasteiger partial charge in [-0.15, -0.1) is 0 Å². The third-order valence-corrected chi connectivity index (χ3v) is 4.99. The molecule has 0 saturated carbocycles. The second-order valence-electron chi connectivity index (χ2n) is 6.99. The van der Waals surface area contributed by atoms with E-state index in [0.717, 1.165) is 17.8 Å². The number of aromatic nitrogens is 1. The minimum atomic E-state index is -0.342. The van der Waals surface area contributed by atoms with Gasteiger partial charge < -0.3 is 15.0 Å². The van der Waals surface area contributed by atoms with Crippen molar-refractivity contribution < 1.29 is 14.3 Å². The van der Waals surface area contributed by atoms with Crippen LogP contribution in [0.4, 0.5) is 11.5 Å². The Hall–Kier alpha value is -3.40. The first-order valence-corrected chi connectivity index (χ1v) is 9.75. The van der Waals surface area contributed by atoms with E-state index >= 15 is 0 Å². The molecule has 1 aliphatic rings. The number of nitrogens with zero attached hydrogens (tertiary/aromatic N) is 3. The van der Waals surface area contributed by atoms with Crippen LogP contribution in [0.5, 0.6) is 0 Å². The van der Waals surface area contributed by atoms with Crippen LogP contribution >= 0.6 is 0 Å². The first-order valence-electron chi connectivity index (χ1n) is 9.75. The van der Waals surface area contributed by atoms with Crippen LogP contribution in [0.1, 0.15) is 30.9 Å². The number of hydrogen-bond acceptors (Lipinski definition) is 6. The summed E-state index contributed by atoms with van der Waals surface area (Å²) in [6, 6.07) is 13.2. The Bertz CT molecular complexity index is 897. The van der Waals surface area contributed by atoms with Crippen molar-refractivity contribution in [1.29, 1.82) is 5.26 Å². The van der Waals surface area contributed by atoms with E-state index in [-0.39, 0.29) is 24.4 Å². The molecule has 2 heterocycles. The summed E-state index contributed by atoms with van der Waals surface area (Å²) < 4.78 is 5.22. The average Bonchev–Trinajstić information content (AvgIpc) is 2.77. The molecule has 0 aliphatic carbocycles. The molecule has 3 rings (SSSR count). The van der Waals surface area contributed by atoms with E-state index < -0.39 is 0 Å². The molecule has 7 nitrogen and oxygen atoms in total. The number of ether oxygens (including phenoxy) is 1. The molecule has 1 aliphatic heterocycles. The molecule has 150 valence electrons. The van der Waals surface area contributed by atoms with Gasteiger partial charge in [-0.25, -0.2) is 4.98 Å². The van der Waals surface area contributed by atoms with Crippen molar-refractivity contribution in [2.24, 2.45) is 5.92 Å². The predicted molar refractivity (Wildman–Crippen MR) is 109 cm³/mol. The van der Waals surface area contributed by atoms with Gasteiger partial charge in [-0.05, 0) is 49.1 Å². The van der Waals surface area contributed by atoms with Gasteiger partial charge in [0.15, 0.2) is 6.61 Å². The smallest absolute Gasteiger partial charge is 0.309 e. The summed E-state index contributed by atoms with van der Waals surface area (Å²) in [4.78, 5) is 30.7. The molecule has 0 bridgehead atoms. The van der Waals surface area contributed by atoms with Gasteiger partial charge in [-0.3, -0.25) is 9.59 Å². The zero-order valence-corrected chi connectivity index (χ0v) is 16.4. The highest BCUT2D eigenvalue weighted by Crippen LogP contribution is 2.23. The summed E-state index contributed by atoms with van der Waals surface area (Å²) in [7, 11) is 0. The van der Waals surface area contributed by atoms with Crippen molar-refractivity contribution >= 4 is 23.4 Å². The highest BCUT2D eigenvalue weighted by Gasteiger charge is 2.27. The van der Waals surface area contributed by atoms with Crippen LogP contribution in [0, 0.1) is 17.2 Å². The van der Waals surface area contributed by atoms with Crippen LogP contribution in [-0.4, -0.2) is 36.6 Å². The van der Waals surface area contributed by atoms with Gasteiger partial charge in [0.1, 0.15) is 11.9 Å². The molecule has 0 spiro atoms. The number of aryl methyl sites for hydroxylation is 1. The van der Waals surface area contributed by atoms with Gasteiger partial charge in [0, 0.05) is 25.0 Å². The third-order valence-electron chi connectivity index (χ3n) is 4.99. The van der Waals surface area contributed by atoms with Crippen LogP contribution in [0.2, 0.25) is 0 Å². The summed E-state index contributed by atoms with van der Waals surface area (Å²) in [5.41, 5.74) is 2.35. The molecule has 2 aromatic rings. The van der Waals surface area contributed by atoms with Gasteiger partial charge in [0.25, 0.3) is 5.91 Å². The number of pyridine rings is 1. The second kappa shape index (κ2) is 9.69. The molecular formula is C22H24N4O3. The van der Waals surface area contributed by atoms with E-state index in [4.69, 9.17) is 10.00 Å². The molecular weight excluding hydrogens is 368 g/mol. The zero-order valence-electron chi connectivity index (χ0n) is 16.4. The van der Waals surface area contributed by atoms with Crippen molar-refractivity contribution in [3.63, 3.8) is 0 Å². The Morgan fingerprint density at radius 2 is 2.07 bits per heavy atom. The Balaban J connectivity index is 1.43. The summed E-state index contributed by atoms with van der Waals surface area (Å²) in [6.07, 6.45) is 3.71. The molecule has 1 fully saturated rings. The van der Waals surface area contributed by atoms with E-state index in [0.29, 0.717) is 37.2 Å². The zero-order chi connectivity index (χ0) is 20.6. The summed E-state index contributed by atoms with van der Waals surface area (Å²) >= 11 is 0. The van der Waals surface area contributed by atoms with E-state index in [2.05, 4.69) is 15.2 Å². The van der Waals surface area contributed by atoms with Crippen molar-refractivity contribution in [2.75, 3.05) is 29.9 Å². The minimum Gasteiger partial charge on any atom is -0.455 e. The fourth-order valence-corrected chi connectivity index (χ4v) is 3.30. The second-order valence-corrected chi connectivity index (χ2v) is 6.99. The number of nitriles is 1. The van der Waals surface area contributed by atoms with Gasteiger partial charge in [-0.2, -0.15) is 5.26 Å². The number of hydrogen-bond donors (Lipinski definition) is 1. The molecule has 1 N–H and O–H groups in total. The molecule has 1 aromatic heterocycles. The number of anilines is 2. The molecule has 1 aromatic carbocycles. The highest BCUT2D eigenvalue weighted by molar-refractivity contribution is 5.93. The van der Waals surface area contributed by atoms with Gasteiger partial charge in [0.05, 0.1) is 11.5 Å². The molecule has 0 radical (unpaired) electrons. The van der Waals surface area contributed by atoms with Gasteiger partial charge in [-0.1, -0.05) is 19.1 Å². The average molecular weight is 392 g/mol. The van der Waals surface area contributed by atoms with Crippen LogP contribution in [0.15, 0.2) is 42.6 Å². The maximum atomic E-state index is 12.3. The fraction of sp³-hybridized carbons (Fsp3) is 0.364. The number of carbonyl (C=O) groups excluding carboxylic acids is 2. The third kappa shape index (κ3) is 5.55. The van der Waals surface area contributed by atoms with E-state index in [1.54, 1.807) is 12.3 Å². The lowest BCUT2D eigenvalue weighted by Crippen LogP contribution is -2.38. The predicted octanol–water partition coefficient (Wildman–Crippen LogP) is 2.91. The lowest BCUT2D eigenvalue weighted by Gasteiger charge is -2.31. The monoisotopic (exact) mass is 392 g/mol. The van der Waals surface area contributed by atoms with Crippen molar-refractivity contribution in [3.8, 4) is 6.07 Å². The van der Waals surface area contributed by atoms with Crippen molar-refractivity contribution in [1.82, 2.24) is 4.98 Å². The number of esters is 1. The van der Waals surface area contributed by atoms with Crippen LogP contribution in [0.25, 0.3) is 0 Å². The molecule has 0 unspecified atom stereocenters.